The second-order valence-electron chi connectivity index (χ2n) is 5.36. The molecule has 2 heterocycles. The molecule has 0 aliphatic carbocycles. The number of rotatable bonds is 5. The molecule has 0 aliphatic rings. The van der Waals surface area contributed by atoms with Gasteiger partial charge in [0.05, 0.1) is 19.7 Å². The van der Waals surface area contributed by atoms with Crippen molar-refractivity contribution in [3.8, 4) is 11.5 Å². The Morgan fingerprint density at radius 1 is 1.21 bits per heavy atom. The first-order chi connectivity index (χ1) is 11.7. The summed E-state index contributed by atoms with van der Waals surface area (Å²) in [5.41, 5.74) is 2.31. The third-order valence-corrected chi connectivity index (χ3v) is 3.97. The summed E-state index contributed by atoms with van der Waals surface area (Å²) in [5, 5.41) is 3.75. The molecule has 0 saturated heterocycles. The van der Waals surface area contributed by atoms with Crippen LogP contribution in [0.3, 0.4) is 0 Å². The van der Waals surface area contributed by atoms with E-state index in [1.807, 2.05) is 41.9 Å². The molecule has 2 aromatic heterocycles. The van der Waals surface area contributed by atoms with Crippen LogP contribution in [0.2, 0.25) is 0 Å². The summed E-state index contributed by atoms with van der Waals surface area (Å²) in [6.07, 6.45) is 3.43. The quantitative estimate of drug-likeness (QED) is 0.783. The highest BCUT2D eigenvalue weighted by Crippen LogP contribution is 2.35. The monoisotopic (exact) mass is 325 g/mol. The third kappa shape index (κ3) is 2.78. The Bertz CT molecular complexity index is 872. The number of nitrogens with one attached hydrogen (secondary N) is 1. The normalized spacial score (nSPS) is 10.6. The van der Waals surface area contributed by atoms with Crippen LogP contribution in [-0.4, -0.2) is 29.7 Å². The zero-order valence-corrected chi connectivity index (χ0v) is 13.9. The van der Waals surface area contributed by atoms with Crippen LogP contribution in [-0.2, 0) is 13.6 Å². The van der Waals surface area contributed by atoms with E-state index in [4.69, 9.17) is 9.47 Å². The van der Waals surface area contributed by atoms with E-state index in [0.29, 0.717) is 23.7 Å². The second kappa shape index (κ2) is 6.62. The van der Waals surface area contributed by atoms with E-state index < -0.39 is 0 Å². The largest absolute Gasteiger partial charge is 0.496 e. The molecular formula is C18H19N3O3. The molecule has 0 spiro atoms. The van der Waals surface area contributed by atoms with Crippen molar-refractivity contribution in [3.05, 3.63) is 54.0 Å². The highest BCUT2D eigenvalue weighted by molar-refractivity contribution is 6.02. The number of carbonyl (C=O) groups is 1. The standard InChI is InChI=1S/C18H19N3O3/c1-21-14(18(22)20-11-12-5-4-8-19-10-12)9-13-15(23-2)6-7-16(24-3)17(13)21/h4-10H,11H2,1-3H3,(H,20,22). The van der Waals surface area contributed by atoms with E-state index in [1.54, 1.807) is 26.6 Å². The molecule has 6 nitrogen and oxygen atoms in total. The zero-order chi connectivity index (χ0) is 17.1. The topological polar surface area (TPSA) is 65.4 Å². The van der Waals surface area contributed by atoms with Crippen LogP contribution in [0, 0.1) is 0 Å². The van der Waals surface area contributed by atoms with Gasteiger partial charge in [0.15, 0.2) is 0 Å². The molecule has 0 aliphatic heterocycles. The van der Waals surface area contributed by atoms with Gasteiger partial charge in [-0.1, -0.05) is 6.07 Å². The number of aromatic nitrogens is 2. The van der Waals surface area contributed by atoms with E-state index in [0.717, 1.165) is 16.5 Å². The van der Waals surface area contributed by atoms with Crippen LogP contribution in [0.5, 0.6) is 11.5 Å². The number of benzene rings is 1. The van der Waals surface area contributed by atoms with E-state index in [1.165, 1.54) is 0 Å². The van der Waals surface area contributed by atoms with Crippen molar-refractivity contribution in [3.63, 3.8) is 0 Å². The maximum absolute atomic E-state index is 12.6. The summed E-state index contributed by atoms with van der Waals surface area (Å²) in [5.74, 6) is 1.23. The van der Waals surface area contributed by atoms with Gasteiger partial charge in [-0.15, -0.1) is 0 Å². The minimum absolute atomic E-state index is 0.165. The summed E-state index contributed by atoms with van der Waals surface area (Å²) in [7, 11) is 5.05. The highest BCUT2D eigenvalue weighted by Gasteiger charge is 2.18. The Morgan fingerprint density at radius 3 is 2.62 bits per heavy atom. The second-order valence-corrected chi connectivity index (χ2v) is 5.36. The van der Waals surface area contributed by atoms with Crippen LogP contribution >= 0.6 is 0 Å². The van der Waals surface area contributed by atoms with Gasteiger partial charge >= 0.3 is 0 Å². The lowest BCUT2D eigenvalue weighted by Crippen LogP contribution is -2.24. The fourth-order valence-corrected chi connectivity index (χ4v) is 2.75. The van der Waals surface area contributed by atoms with E-state index >= 15 is 0 Å². The summed E-state index contributed by atoms with van der Waals surface area (Å²) in [4.78, 5) is 16.6. The van der Waals surface area contributed by atoms with Gasteiger partial charge in [0.2, 0.25) is 0 Å². The Morgan fingerprint density at radius 2 is 1.96 bits per heavy atom. The minimum Gasteiger partial charge on any atom is -0.496 e. The average molecular weight is 325 g/mol. The molecule has 0 unspecified atom stereocenters. The summed E-state index contributed by atoms with van der Waals surface area (Å²) < 4.78 is 12.6. The number of amides is 1. The molecule has 0 atom stereocenters. The van der Waals surface area contributed by atoms with Crippen LogP contribution < -0.4 is 14.8 Å². The molecular weight excluding hydrogens is 306 g/mol. The Balaban J connectivity index is 1.94. The van der Waals surface area contributed by atoms with E-state index in [9.17, 15) is 4.79 Å². The van der Waals surface area contributed by atoms with Crippen LogP contribution in [0.4, 0.5) is 0 Å². The van der Waals surface area contributed by atoms with E-state index in [2.05, 4.69) is 10.3 Å². The van der Waals surface area contributed by atoms with Crippen LogP contribution in [0.15, 0.2) is 42.7 Å². The van der Waals surface area contributed by atoms with Crippen LogP contribution in [0.1, 0.15) is 16.1 Å². The molecule has 3 rings (SSSR count). The molecule has 0 radical (unpaired) electrons. The first-order valence-electron chi connectivity index (χ1n) is 7.53. The fourth-order valence-electron chi connectivity index (χ4n) is 2.75. The molecule has 6 heteroatoms. The molecule has 0 saturated carbocycles. The maximum atomic E-state index is 12.6. The SMILES string of the molecule is COc1ccc(OC)c2c1cc(C(=O)NCc1cccnc1)n2C. The van der Waals surface area contributed by atoms with Gasteiger partial charge in [-0.2, -0.15) is 0 Å². The van der Waals surface area contributed by atoms with Gasteiger partial charge in [0.1, 0.15) is 17.2 Å². The third-order valence-electron chi connectivity index (χ3n) is 3.97. The van der Waals surface area contributed by atoms with Gasteiger partial charge in [-0.3, -0.25) is 9.78 Å². The number of aryl methyl sites for hydroxylation is 1. The fraction of sp³-hybridized carbons (Fsp3) is 0.222. The van der Waals surface area contributed by atoms with Crippen molar-refractivity contribution in [2.24, 2.45) is 7.05 Å². The number of hydrogen-bond donors (Lipinski definition) is 1. The lowest BCUT2D eigenvalue weighted by atomic mass is 10.2. The summed E-state index contributed by atoms with van der Waals surface area (Å²) >= 11 is 0. The molecule has 24 heavy (non-hydrogen) atoms. The molecule has 0 fully saturated rings. The summed E-state index contributed by atoms with van der Waals surface area (Å²) in [6, 6.07) is 9.24. The highest BCUT2D eigenvalue weighted by atomic mass is 16.5. The van der Waals surface area contributed by atoms with Crippen molar-refractivity contribution < 1.29 is 14.3 Å². The van der Waals surface area contributed by atoms with Gasteiger partial charge in [-0.05, 0) is 29.8 Å². The zero-order valence-electron chi connectivity index (χ0n) is 13.9. The van der Waals surface area contributed by atoms with Gasteiger partial charge < -0.3 is 19.4 Å². The van der Waals surface area contributed by atoms with E-state index in [-0.39, 0.29) is 5.91 Å². The van der Waals surface area contributed by atoms with Gasteiger partial charge in [-0.25, -0.2) is 0 Å². The van der Waals surface area contributed by atoms with Crippen molar-refractivity contribution in [1.82, 2.24) is 14.9 Å². The van der Waals surface area contributed by atoms with Gasteiger partial charge in [0, 0.05) is 31.4 Å². The van der Waals surface area contributed by atoms with Crippen LogP contribution in [0.25, 0.3) is 10.9 Å². The number of carbonyl (C=O) groups excluding carboxylic acids is 1. The Kier molecular flexibility index (Phi) is 4.37. The minimum atomic E-state index is -0.165. The summed E-state index contributed by atoms with van der Waals surface area (Å²) in [6.45, 7) is 0.419. The molecule has 1 amide bonds. The predicted octanol–water partition coefficient (Wildman–Crippen LogP) is 2.52. The van der Waals surface area contributed by atoms with Crippen molar-refractivity contribution >= 4 is 16.8 Å². The molecule has 0 bridgehead atoms. The van der Waals surface area contributed by atoms with Gasteiger partial charge in [0.25, 0.3) is 5.91 Å². The molecule has 124 valence electrons. The van der Waals surface area contributed by atoms with Crippen molar-refractivity contribution in [2.45, 2.75) is 6.54 Å². The number of fused-ring (bicyclic) bond motifs is 1. The predicted molar refractivity (Wildman–Crippen MR) is 91.4 cm³/mol. The smallest absolute Gasteiger partial charge is 0.268 e. The number of ether oxygens (including phenoxy) is 2. The van der Waals surface area contributed by atoms with Crippen molar-refractivity contribution in [2.75, 3.05) is 14.2 Å². The molecule has 1 aromatic carbocycles. The van der Waals surface area contributed by atoms with Crippen molar-refractivity contribution in [1.29, 1.82) is 0 Å². The first kappa shape index (κ1) is 15.9. The number of methoxy groups -OCH3 is 2. The number of hydrogen-bond acceptors (Lipinski definition) is 4. The number of nitrogens with zero attached hydrogens (tertiary/aromatic N) is 2. The lowest BCUT2D eigenvalue weighted by Gasteiger charge is -2.09. The molecule has 3 aromatic rings. The first-order valence-corrected chi connectivity index (χ1v) is 7.53. The average Bonchev–Trinajstić information content (AvgIpc) is 2.98. The Labute approximate surface area is 140 Å². The Hall–Kier alpha value is -3.02. The number of pyridine rings is 1. The lowest BCUT2D eigenvalue weighted by molar-refractivity contribution is 0.0943. The molecule has 1 N–H and O–H groups in total. The maximum Gasteiger partial charge on any atom is 0.268 e.